The third-order valence-electron chi connectivity index (χ3n) is 4.21. The first-order valence-electron chi connectivity index (χ1n) is 7.84. The average molecular weight is 298 g/mol. The topological polar surface area (TPSA) is 17.8 Å². The summed E-state index contributed by atoms with van der Waals surface area (Å²) in [6, 6.07) is 25.3. The predicted molar refractivity (Wildman–Crippen MR) is 96.0 cm³/mol. The molecule has 0 saturated carbocycles. The molecule has 23 heavy (non-hydrogen) atoms. The molecular formula is C21H18N2. The molecule has 0 fully saturated rings. The van der Waals surface area contributed by atoms with Crippen molar-refractivity contribution < 1.29 is 0 Å². The maximum absolute atomic E-state index is 4.94. The fraction of sp³-hybridized carbons (Fsp3) is 0.0952. The van der Waals surface area contributed by atoms with Crippen molar-refractivity contribution in [2.45, 2.75) is 13.8 Å². The second-order valence-electron chi connectivity index (χ2n) is 5.91. The van der Waals surface area contributed by atoms with E-state index in [0.717, 1.165) is 22.5 Å². The summed E-state index contributed by atoms with van der Waals surface area (Å²) in [6.45, 7) is 4.24. The standard InChI is InChI=1S/C21H18N2/c1-15-12-13-20-19(14-15)22-21(18-11-7-6-8-16(18)2)23(20)17-9-4-3-5-10-17/h3-14H,1-2H3. The zero-order valence-corrected chi connectivity index (χ0v) is 13.3. The second kappa shape index (κ2) is 5.40. The van der Waals surface area contributed by atoms with E-state index in [1.165, 1.54) is 16.7 Å². The molecule has 0 saturated heterocycles. The lowest BCUT2D eigenvalue weighted by atomic mass is 10.1. The van der Waals surface area contributed by atoms with Crippen LogP contribution in [0.25, 0.3) is 28.1 Å². The largest absolute Gasteiger partial charge is 0.292 e. The van der Waals surface area contributed by atoms with Crippen LogP contribution in [0.2, 0.25) is 0 Å². The lowest BCUT2D eigenvalue weighted by Crippen LogP contribution is -1.98. The predicted octanol–water partition coefficient (Wildman–Crippen LogP) is 5.31. The van der Waals surface area contributed by atoms with Crippen LogP contribution in [0.5, 0.6) is 0 Å². The zero-order valence-electron chi connectivity index (χ0n) is 13.3. The van der Waals surface area contributed by atoms with E-state index in [1.807, 2.05) is 6.07 Å². The third-order valence-corrected chi connectivity index (χ3v) is 4.21. The van der Waals surface area contributed by atoms with Crippen LogP contribution in [0, 0.1) is 13.8 Å². The Labute approximate surface area is 136 Å². The minimum Gasteiger partial charge on any atom is -0.292 e. The number of para-hydroxylation sites is 1. The van der Waals surface area contributed by atoms with Crippen LogP contribution < -0.4 is 0 Å². The number of aromatic nitrogens is 2. The highest BCUT2D eigenvalue weighted by molar-refractivity contribution is 5.84. The number of rotatable bonds is 2. The van der Waals surface area contributed by atoms with Crippen molar-refractivity contribution in [3.63, 3.8) is 0 Å². The SMILES string of the molecule is Cc1ccc2c(c1)nc(-c1ccccc1C)n2-c1ccccc1. The molecule has 4 aromatic rings. The summed E-state index contributed by atoms with van der Waals surface area (Å²) in [6.07, 6.45) is 0. The molecule has 0 radical (unpaired) electrons. The fourth-order valence-electron chi connectivity index (χ4n) is 3.03. The van der Waals surface area contributed by atoms with Gasteiger partial charge in [0.25, 0.3) is 0 Å². The summed E-state index contributed by atoms with van der Waals surface area (Å²) < 4.78 is 2.25. The quantitative estimate of drug-likeness (QED) is 0.490. The molecule has 0 N–H and O–H groups in total. The molecule has 1 heterocycles. The van der Waals surface area contributed by atoms with Gasteiger partial charge in [0.2, 0.25) is 0 Å². The summed E-state index contributed by atoms with van der Waals surface area (Å²) in [4.78, 5) is 4.94. The molecule has 2 heteroatoms. The molecule has 0 spiro atoms. The summed E-state index contributed by atoms with van der Waals surface area (Å²) >= 11 is 0. The lowest BCUT2D eigenvalue weighted by molar-refractivity contribution is 1.10. The van der Waals surface area contributed by atoms with Crippen molar-refractivity contribution in [2.24, 2.45) is 0 Å². The molecule has 0 aliphatic heterocycles. The number of hydrogen-bond donors (Lipinski definition) is 0. The van der Waals surface area contributed by atoms with Gasteiger partial charge in [-0.25, -0.2) is 4.98 Å². The smallest absolute Gasteiger partial charge is 0.145 e. The van der Waals surface area contributed by atoms with Crippen molar-refractivity contribution in [1.29, 1.82) is 0 Å². The Morgan fingerprint density at radius 1 is 0.783 bits per heavy atom. The van der Waals surface area contributed by atoms with Crippen LogP contribution in [0.15, 0.2) is 72.8 Å². The van der Waals surface area contributed by atoms with Crippen LogP contribution in [0.4, 0.5) is 0 Å². The van der Waals surface area contributed by atoms with Gasteiger partial charge in [0.15, 0.2) is 0 Å². The molecule has 1 aromatic heterocycles. The monoisotopic (exact) mass is 298 g/mol. The normalized spacial score (nSPS) is 11.0. The molecule has 4 rings (SSSR count). The Kier molecular flexibility index (Phi) is 3.23. The van der Waals surface area contributed by atoms with Crippen LogP contribution in [-0.2, 0) is 0 Å². The molecule has 0 aliphatic rings. The highest BCUT2D eigenvalue weighted by atomic mass is 15.1. The van der Waals surface area contributed by atoms with E-state index in [0.29, 0.717) is 0 Å². The fourth-order valence-corrected chi connectivity index (χ4v) is 3.03. The first-order chi connectivity index (χ1) is 11.2. The minimum absolute atomic E-state index is 0.995. The Hall–Kier alpha value is -2.87. The minimum atomic E-state index is 0.995. The van der Waals surface area contributed by atoms with Gasteiger partial charge < -0.3 is 0 Å². The number of imidazole rings is 1. The maximum atomic E-state index is 4.94. The van der Waals surface area contributed by atoms with Gasteiger partial charge >= 0.3 is 0 Å². The van der Waals surface area contributed by atoms with Gasteiger partial charge in [-0.2, -0.15) is 0 Å². The molecule has 0 amide bonds. The van der Waals surface area contributed by atoms with Crippen LogP contribution in [0.1, 0.15) is 11.1 Å². The highest BCUT2D eigenvalue weighted by Crippen LogP contribution is 2.30. The van der Waals surface area contributed by atoms with Crippen LogP contribution in [-0.4, -0.2) is 9.55 Å². The molecule has 0 atom stereocenters. The van der Waals surface area contributed by atoms with Crippen molar-refractivity contribution in [1.82, 2.24) is 9.55 Å². The first-order valence-corrected chi connectivity index (χ1v) is 7.84. The van der Waals surface area contributed by atoms with Gasteiger partial charge in [0.1, 0.15) is 5.82 Å². The van der Waals surface area contributed by atoms with Gasteiger partial charge in [0.05, 0.1) is 11.0 Å². The Morgan fingerprint density at radius 3 is 2.30 bits per heavy atom. The van der Waals surface area contributed by atoms with Crippen molar-refractivity contribution in [2.75, 3.05) is 0 Å². The third kappa shape index (κ3) is 2.33. The van der Waals surface area contributed by atoms with Crippen LogP contribution in [0.3, 0.4) is 0 Å². The van der Waals surface area contributed by atoms with Crippen molar-refractivity contribution >= 4 is 11.0 Å². The molecule has 0 unspecified atom stereocenters. The van der Waals surface area contributed by atoms with Gasteiger partial charge in [-0.05, 0) is 49.2 Å². The first kappa shape index (κ1) is 13.8. The summed E-state index contributed by atoms with van der Waals surface area (Å²) in [5, 5.41) is 0. The van der Waals surface area contributed by atoms with Gasteiger partial charge in [-0.3, -0.25) is 4.57 Å². The highest BCUT2D eigenvalue weighted by Gasteiger charge is 2.15. The Balaban J connectivity index is 2.09. The molecular weight excluding hydrogens is 280 g/mol. The molecule has 3 aromatic carbocycles. The number of hydrogen-bond acceptors (Lipinski definition) is 1. The maximum Gasteiger partial charge on any atom is 0.145 e. The zero-order chi connectivity index (χ0) is 15.8. The Bertz CT molecular complexity index is 981. The van der Waals surface area contributed by atoms with Crippen molar-refractivity contribution in [3.8, 4) is 17.1 Å². The van der Waals surface area contributed by atoms with E-state index in [-0.39, 0.29) is 0 Å². The van der Waals surface area contributed by atoms with Gasteiger partial charge in [-0.15, -0.1) is 0 Å². The van der Waals surface area contributed by atoms with Crippen LogP contribution >= 0.6 is 0 Å². The summed E-state index contributed by atoms with van der Waals surface area (Å²) in [5.74, 6) is 0.995. The molecule has 2 nitrogen and oxygen atoms in total. The molecule has 0 bridgehead atoms. The number of aryl methyl sites for hydroxylation is 2. The molecule has 0 aliphatic carbocycles. The lowest BCUT2D eigenvalue weighted by Gasteiger charge is -2.11. The van der Waals surface area contributed by atoms with E-state index in [1.54, 1.807) is 0 Å². The Morgan fingerprint density at radius 2 is 1.52 bits per heavy atom. The number of nitrogens with zero attached hydrogens (tertiary/aromatic N) is 2. The van der Waals surface area contributed by atoms with E-state index in [2.05, 4.69) is 85.1 Å². The molecule has 112 valence electrons. The second-order valence-corrected chi connectivity index (χ2v) is 5.91. The van der Waals surface area contributed by atoms with E-state index in [4.69, 9.17) is 4.98 Å². The van der Waals surface area contributed by atoms with E-state index in [9.17, 15) is 0 Å². The average Bonchev–Trinajstić information content (AvgIpc) is 2.94. The van der Waals surface area contributed by atoms with Gasteiger partial charge in [-0.1, -0.05) is 48.5 Å². The van der Waals surface area contributed by atoms with Gasteiger partial charge in [0, 0.05) is 11.3 Å². The van der Waals surface area contributed by atoms with E-state index >= 15 is 0 Å². The summed E-state index contributed by atoms with van der Waals surface area (Å²) in [7, 11) is 0. The number of fused-ring (bicyclic) bond motifs is 1. The van der Waals surface area contributed by atoms with Crippen molar-refractivity contribution in [3.05, 3.63) is 83.9 Å². The number of benzene rings is 3. The summed E-state index contributed by atoms with van der Waals surface area (Å²) in [5.41, 5.74) is 6.94. The van der Waals surface area contributed by atoms with E-state index < -0.39 is 0 Å².